The molecule has 2 aromatic carbocycles. The van der Waals surface area contributed by atoms with Gasteiger partial charge in [-0.1, -0.05) is 48.2 Å². The number of thioether (sulfide) groups is 1. The third kappa shape index (κ3) is 3.13. The first-order valence-electron chi connectivity index (χ1n) is 9.39. The zero-order valence-corrected chi connectivity index (χ0v) is 17.0. The number of rotatable bonds is 5. The Labute approximate surface area is 172 Å². The minimum atomic E-state index is 0.724. The van der Waals surface area contributed by atoms with Crippen LogP contribution in [-0.4, -0.2) is 29.3 Å². The van der Waals surface area contributed by atoms with Crippen LogP contribution < -0.4 is 0 Å². The molecule has 0 saturated heterocycles. The Balaban J connectivity index is 1.65. The molecule has 0 radical (unpaired) electrons. The molecular weight excluding hydrogens is 380 g/mol. The van der Waals surface area contributed by atoms with Gasteiger partial charge in [-0.3, -0.25) is 4.57 Å². The SMILES string of the molecule is Cc1ccccc1-n1c(SCc2nccn2C)nnc1-c1c[nH]c2ccccc12. The van der Waals surface area contributed by atoms with E-state index in [0.717, 1.165) is 44.7 Å². The van der Waals surface area contributed by atoms with Gasteiger partial charge in [-0.05, 0) is 24.6 Å². The first-order chi connectivity index (χ1) is 14.2. The second kappa shape index (κ2) is 7.25. The van der Waals surface area contributed by atoms with Crippen LogP contribution in [0.4, 0.5) is 0 Å². The van der Waals surface area contributed by atoms with Crippen molar-refractivity contribution in [1.82, 2.24) is 29.3 Å². The van der Waals surface area contributed by atoms with Crippen LogP contribution in [0, 0.1) is 6.92 Å². The van der Waals surface area contributed by atoms with Crippen molar-refractivity contribution in [2.75, 3.05) is 0 Å². The number of imidazole rings is 1. The molecule has 0 aliphatic carbocycles. The molecule has 0 saturated carbocycles. The van der Waals surface area contributed by atoms with Gasteiger partial charge >= 0.3 is 0 Å². The largest absolute Gasteiger partial charge is 0.360 e. The van der Waals surface area contributed by atoms with Crippen LogP contribution in [0.15, 0.2) is 72.3 Å². The van der Waals surface area contributed by atoms with Gasteiger partial charge < -0.3 is 9.55 Å². The van der Waals surface area contributed by atoms with Crippen LogP contribution in [-0.2, 0) is 12.8 Å². The van der Waals surface area contributed by atoms with E-state index in [4.69, 9.17) is 0 Å². The van der Waals surface area contributed by atoms with Crippen molar-refractivity contribution >= 4 is 22.7 Å². The lowest BCUT2D eigenvalue weighted by atomic mass is 10.1. The van der Waals surface area contributed by atoms with Gasteiger partial charge in [-0.2, -0.15) is 0 Å². The summed E-state index contributed by atoms with van der Waals surface area (Å²) in [6.45, 7) is 2.11. The summed E-state index contributed by atoms with van der Waals surface area (Å²) >= 11 is 1.64. The molecule has 0 unspecified atom stereocenters. The Morgan fingerprint density at radius 1 is 1.03 bits per heavy atom. The van der Waals surface area contributed by atoms with Crippen molar-refractivity contribution in [3.05, 3.63) is 78.5 Å². The number of aromatic nitrogens is 6. The fourth-order valence-corrected chi connectivity index (χ4v) is 4.44. The van der Waals surface area contributed by atoms with Gasteiger partial charge in [0.25, 0.3) is 0 Å². The molecule has 6 nitrogen and oxygen atoms in total. The maximum absolute atomic E-state index is 4.59. The van der Waals surface area contributed by atoms with Gasteiger partial charge in [0.2, 0.25) is 0 Å². The van der Waals surface area contributed by atoms with Crippen molar-refractivity contribution in [2.24, 2.45) is 7.05 Å². The molecule has 3 heterocycles. The standard InChI is InChI=1S/C22H20N6S/c1-15-7-3-6-10-19(15)28-21(17-13-24-18-9-5-4-8-16(17)18)25-26-22(28)29-14-20-23-11-12-27(20)2/h3-13,24H,14H2,1-2H3. The van der Waals surface area contributed by atoms with E-state index < -0.39 is 0 Å². The van der Waals surface area contributed by atoms with E-state index in [1.807, 2.05) is 42.3 Å². The Hall–Kier alpha value is -3.32. The molecule has 1 N–H and O–H groups in total. The second-order valence-corrected chi connectivity index (χ2v) is 7.86. The maximum Gasteiger partial charge on any atom is 0.196 e. The fourth-order valence-electron chi connectivity index (χ4n) is 3.49. The van der Waals surface area contributed by atoms with Crippen LogP contribution in [0.5, 0.6) is 0 Å². The van der Waals surface area contributed by atoms with Crippen molar-refractivity contribution < 1.29 is 0 Å². The summed E-state index contributed by atoms with van der Waals surface area (Å²) in [5, 5.41) is 11.1. The quantitative estimate of drug-likeness (QED) is 0.433. The molecule has 0 atom stereocenters. The molecule has 3 aromatic heterocycles. The Morgan fingerprint density at radius 3 is 2.69 bits per heavy atom. The van der Waals surface area contributed by atoms with Gasteiger partial charge in [0.15, 0.2) is 11.0 Å². The fraction of sp³-hybridized carbons (Fsp3) is 0.136. The highest BCUT2D eigenvalue weighted by Crippen LogP contribution is 2.34. The Morgan fingerprint density at radius 2 is 1.86 bits per heavy atom. The lowest BCUT2D eigenvalue weighted by Gasteiger charge is -2.12. The molecule has 5 aromatic rings. The summed E-state index contributed by atoms with van der Waals surface area (Å²) in [5.41, 5.74) is 4.39. The molecule has 0 spiro atoms. The molecule has 5 rings (SSSR count). The van der Waals surface area contributed by atoms with Gasteiger partial charge in [-0.15, -0.1) is 10.2 Å². The molecule has 0 fully saturated rings. The van der Waals surface area contributed by atoms with Crippen molar-refractivity contribution in [2.45, 2.75) is 17.8 Å². The van der Waals surface area contributed by atoms with Gasteiger partial charge in [-0.25, -0.2) is 4.98 Å². The maximum atomic E-state index is 4.59. The number of aromatic amines is 1. The third-order valence-electron chi connectivity index (χ3n) is 5.07. The van der Waals surface area contributed by atoms with Crippen molar-refractivity contribution in [3.63, 3.8) is 0 Å². The highest BCUT2D eigenvalue weighted by molar-refractivity contribution is 7.98. The van der Waals surface area contributed by atoms with E-state index in [0.29, 0.717) is 0 Å². The van der Waals surface area contributed by atoms with Gasteiger partial charge in [0.05, 0.1) is 11.4 Å². The highest BCUT2D eigenvalue weighted by Gasteiger charge is 2.20. The second-order valence-electron chi connectivity index (χ2n) is 6.92. The average molecular weight is 401 g/mol. The Kier molecular flexibility index (Phi) is 4.44. The predicted octanol–water partition coefficient (Wildman–Crippen LogP) is 4.75. The Bertz CT molecular complexity index is 1300. The summed E-state index contributed by atoms with van der Waals surface area (Å²) in [4.78, 5) is 7.78. The van der Waals surface area contributed by atoms with Crippen LogP contribution >= 0.6 is 11.8 Å². The summed E-state index contributed by atoms with van der Waals surface area (Å²) in [7, 11) is 2.01. The van der Waals surface area contributed by atoms with Gasteiger partial charge in [0.1, 0.15) is 5.82 Å². The number of H-pyrrole nitrogens is 1. The molecular formula is C22H20N6S. The summed E-state index contributed by atoms with van der Waals surface area (Å²) < 4.78 is 4.18. The number of nitrogens with one attached hydrogen (secondary N) is 1. The molecule has 0 aliphatic rings. The number of benzene rings is 2. The number of hydrogen-bond acceptors (Lipinski definition) is 4. The number of para-hydroxylation sites is 2. The van der Waals surface area contributed by atoms with E-state index in [2.05, 4.69) is 68.1 Å². The predicted molar refractivity (Wildman–Crippen MR) is 116 cm³/mol. The zero-order valence-electron chi connectivity index (χ0n) is 16.2. The first-order valence-corrected chi connectivity index (χ1v) is 10.4. The summed E-state index contributed by atoms with van der Waals surface area (Å²) in [6.07, 6.45) is 5.79. The molecule has 0 amide bonds. The minimum Gasteiger partial charge on any atom is -0.360 e. The van der Waals surface area contributed by atoms with Crippen LogP contribution in [0.25, 0.3) is 28.0 Å². The van der Waals surface area contributed by atoms with Crippen LogP contribution in [0.3, 0.4) is 0 Å². The lowest BCUT2D eigenvalue weighted by molar-refractivity contribution is 0.840. The van der Waals surface area contributed by atoms with E-state index in [1.54, 1.807) is 11.8 Å². The summed E-state index contributed by atoms with van der Waals surface area (Å²) in [5.74, 6) is 2.56. The van der Waals surface area contributed by atoms with Gasteiger partial charge in [0, 0.05) is 42.1 Å². The monoisotopic (exact) mass is 400 g/mol. The lowest BCUT2D eigenvalue weighted by Crippen LogP contribution is -2.02. The average Bonchev–Trinajstić information content (AvgIpc) is 3.45. The summed E-state index contributed by atoms with van der Waals surface area (Å²) in [6, 6.07) is 16.6. The van der Waals surface area contributed by atoms with E-state index in [1.165, 1.54) is 5.56 Å². The first kappa shape index (κ1) is 17.8. The molecule has 0 aliphatic heterocycles. The molecule has 144 valence electrons. The van der Waals surface area contributed by atoms with Crippen LogP contribution in [0.1, 0.15) is 11.4 Å². The topological polar surface area (TPSA) is 64.3 Å². The molecule has 0 bridgehead atoms. The van der Waals surface area contributed by atoms with Crippen LogP contribution in [0.2, 0.25) is 0 Å². The molecule has 29 heavy (non-hydrogen) atoms. The van der Waals surface area contributed by atoms with E-state index >= 15 is 0 Å². The number of aryl methyl sites for hydroxylation is 2. The highest BCUT2D eigenvalue weighted by atomic mass is 32.2. The normalized spacial score (nSPS) is 11.4. The zero-order chi connectivity index (χ0) is 19.8. The molecule has 7 heteroatoms. The third-order valence-corrected chi connectivity index (χ3v) is 6.00. The van der Waals surface area contributed by atoms with E-state index in [9.17, 15) is 0 Å². The minimum absolute atomic E-state index is 0.724. The number of nitrogens with zero attached hydrogens (tertiary/aromatic N) is 5. The number of hydrogen-bond donors (Lipinski definition) is 1. The van der Waals surface area contributed by atoms with Crippen molar-refractivity contribution in [1.29, 1.82) is 0 Å². The smallest absolute Gasteiger partial charge is 0.196 e. The number of fused-ring (bicyclic) bond motifs is 1. The van der Waals surface area contributed by atoms with Crippen molar-refractivity contribution in [3.8, 4) is 17.1 Å². The van der Waals surface area contributed by atoms with E-state index in [-0.39, 0.29) is 0 Å².